The van der Waals surface area contributed by atoms with Crippen LogP contribution in [0.15, 0.2) is 0 Å². The minimum absolute atomic E-state index is 0.0948. The molecule has 0 aromatic heterocycles. The molecule has 0 amide bonds. The van der Waals surface area contributed by atoms with Crippen molar-refractivity contribution in [3.63, 3.8) is 0 Å². The maximum Gasteiger partial charge on any atom is 0.397 e. The van der Waals surface area contributed by atoms with Gasteiger partial charge in [0.05, 0.1) is 6.61 Å². The van der Waals surface area contributed by atoms with Gasteiger partial charge in [-0.15, -0.1) is 0 Å². The fraction of sp³-hybridized carbons (Fsp3) is 1.00. The van der Waals surface area contributed by atoms with E-state index in [1.165, 1.54) is 32.1 Å². The molecule has 128 valence electrons. The first kappa shape index (κ1) is 20.9. The van der Waals surface area contributed by atoms with Gasteiger partial charge in [-0.3, -0.25) is 4.55 Å². The van der Waals surface area contributed by atoms with Crippen LogP contribution in [0, 0.1) is 17.8 Å². The number of hydrogen-bond acceptors (Lipinski definition) is 3. The van der Waals surface area contributed by atoms with Gasteiger partial charge in [0.2, 0.25) is 0 Å². The molecule has 0 radical (unpaired) electrons. The van der Waals surface area contributed by atoms with Crippen LogP contribution >= 0.6 is 0 Å². The van der Waals surface area contributed by atoms with E-state index >= 15 is 0 Å². The molecule has 0 saturated carbocycles. The van der Waals surface area contributed by atoms with Crippen LogP contribution in [0.25, 0.3) is 0 Å². The van der Waals surface area contributed by atoms with Crippen LogP contribution in [-0.4, -0.2) is 19.6 Å². The normalized spacial score (nSPS) is 16.6. The zero-order valence-corrected chi connectivity index (χ0v) is 15.0. The Hall–Kier alpha value is -0.130. The van der Waals surface area contributed by atoms with Crippen LogP contribution in [0.2, 0.25) is 0 Å². The third-order valence-electron chi connectivity index (χ3n) is 4.48. The molecule has 3 unspecified atom stereocenters. The molecule has 1 N–H and O–H groups in total. The molecule has 5 heteroatoms. The van der Waals surface area contributed by atoms with Gasteiger partial charge in [-0.1, -0.05) is 66.2 Å². The Morgan fingerprint density at radius 2 is 1.43 bits per heavy atom. The van der Waals surface area contributed by atoms with Gasteiger partial charge in [-0.25, -0.2) is 4.18 Å². The Morgan fingerprint density at radius 1 is 0.905 bits per heavy atom. The van der Waals surface area contributed by atoms with Crippen molar-refractivity contribution in [2.24, 2.45) is 17.8 Å². The van der Waals surface area contributed by atoms with E-state index in [1.807, 2.05) is 6.92 Å². The molecular weight excluding hydrogens is 288 g/mol. The fourth-order valence-electron chi connectivity index (χ4n) is 2.89. The van der Waals surface area contributed by atoms with Crippen LogP contribution < -0.4 is 0 Å². The Bertz CT molecular complexity index is 340. The fourth-order valence-corrected chi connectivity index (χ4v) is 3.25. The van der Waals surface area contributed by atoms with E-state index in [9.17, 15) is 8.42 Å². The second kappa shape index (κ2) is 11.4. The summed E-state index contributed by atoms with van der Waals surface area (Å²) < 4.78 is 34.6. The molecule has 0 aliphatic rings. The molecule has 21 heavy (non-hydrogen) atoms. The van der Waals surface area contributed by atoms with E-state index < -0.39 is 10.4 Å². The van der Waals surface area contributed by atoms with Crippen LogP contribution in [0.3, 0.4) is 0 Å². The van der Waals surface area contributed by atoms with E-state index in [0.29, 0.717) is 5.92 Å². The standard InChI is InChI=1S/C16H34O4S/c1-5-9-10-14(6-2)11-15(7-3)12-16(8-4)13-20-21(17,18)19/h14-16H,5-13H2,1-4H3,(H,17,18,19). The molecule has 0 heterocycles. The molecule has 0 saturated heterocycles. The highest BCUT2D eigenvalue weighted by Crippen LogP contribution is 2.29. The largest absolute Gasteiger partial charge is 0.397 e. The third-order valence-corrected chi connectivity index (χ3v) is 4.92. The van der Waals surface area contributed by atoms with E-state index in [4.69, 9.17) is 4.55 Å². The van der Waals surface area contributed by atoms with Gasteiger partial charge >= 0.3 is 10.4 Å². The minimum Gasteiger partial charge on any atom is -0.264 e. The van der Waals surface area contributed by atoms with E-state index in [1.54, 1.807) is 0 Å². The van der Waals surface area contributed by atoms with Crippen LogP contribution in [0.4, 0.5) is 0 Å². The molecule has 0 aromatic carbocycles. The van der Waals surface area contributed by atoms with Crippen molar-refractivity contribution in [3.05, 3.63) is 0 Å². The maximum atomic E-state index is 10.7. The smallest absolute Gasteiger partial charge is 0.264 e. The van der Waals surface area contributed by atoms with Crippen molar-refractivity contribution in [3.8, 4) is 0 Å². The number of hydrogen-bond donors (Lipinski definition) is 1. The van der Waals surface area contributed by atoms with E-state index in [0.717, 1.165) is 25.2 Å². The molecule has 0 aromatic rings. The van der Waals surface area contributed by atoms with Crippen molar-refractivity contribution in [2.45, 2.75) is 79.1 Å². The van der Waals surface area contributed by atoms with Crippen LogP contribution in [0.5, 0.6) is 0 Å². The summed E-state index contributed by atoms with van der Waals surface area (Å²) in [6.07, 6.45) is 9.23. The average molecular weight is 323 g/mol. The average Bonchev–Trinajstić information content (AvgIpc) is 2.44. The lowest BCUT2D eigenvalue weighted by Gasteiger charge is -2.25. The van der Waals surface area contributed by atoms with Crippen LogP contribution in [-0.2, 0) is 14.6 Å². The van der Waals surface area contributed by atoms with Gasteiger partial charge in [-0.2, -0.15) is 8.42 Å². The second-order valence-electron chi connectivity index (χ2n) is 6.15. The molecule has 0 bridgehead atoms. The molecule has 3 atom stereocenters. The molecular formula is C16H34O4S. The van der Waals surface area contributed by atoms with E-state index in [2.05, 4.69) is 25.0 Å². The minimum atomic E-state index is -4.31. The van der Waals surface area contributed by atoms with Crippen molar-refractivity contribution in [1.82, 2.24) is 0 Å². The van der Waals surface area contributed by atoms with Crippen molar-refractivity contribution < 1.29 is 17.2 Å². The first-order valence-corrected chi connectivity index (χ1v) is 9.84. The monoisotopic (exact) mass is 322 g/mol. The summed E-state index contributed by atoms with van der Waals surface area (Å²) in [5, 5.41) is 0. The Labute approximate surface area is 131 Å². The third kappa shape index (κ3) is 11.1. The Kier molecular flexibility index (Phi) is 11.4. The first-order valence-electron chi connectivity index (χ1n) is 8.47. The highest BCUT2D eigenvalue weighted by atomic mass is 32.3. The molecule has 0 aliphatic heterocycles. The number of unbranched alkanes of at least 4 members (excludes halogenated alkanes) is 1. The summed E-state index contributed by atoms with van der Waals surface area (Å²) in [5.74, 6) is 1.58. The van der Waals surface area contributed by atoms with Gasteiger partial charge in [0.1, 0.15) is 0 Å². The number of rotatable bonds is 13. The van der Waals surface area contributed by atoms with Crippen LogP contribution in [0.1, 0.15) is 79.1 Å². The van der Waals surface area contributed by atoms with Gasteiger partial charge in [0, 0.05) is 0 Å². The summed E-state index contributed by atoms with van der Waals surface area (Å²) in [6.45, 7) is 8.82. The predicted molar refractivity (Wildman–Crippen MR) is 87.6 cm³/mol. The lowest BCUT2D eigenvalue weighted by molar-refractivity contribution is 0.185. The molecule has 4 nitrogen and oxygen atoms in total. The summed E-state index contributed by atoms with van der Waals surface area (Å²) in [4.78, 5) is 0. The zero-order chi connectivity index (χ0) is 16.3. The summed E-state index contributed by atoms with van der Waals surface area (Å²) >= 11 is 0. The molecule has 0 aliphatic carbocycles. The molecule has 0 rings (SSSR count). The lowest BCUT2D eigenvalue weighted by Crippen LogP contribution is -2.18. The quantitative estimate of drug-likeness (QED) is 0.492. The highest BCUT2D eigenvalue weighted by Gasteiger charge is 2.19. The zero-order valence-electron chi connectivity index (χ0n) is 14.2. The Morgan fingerprint density at radius 3 is 1.86 bits per heavy atom. The summed E-state index contributed by atoms with van der Waals surface area (Å²) in [6, 6.07) is 0. The van der Waals surface area contributed by atoms with E-state index in [-0.39, 0.29) is 12.5 Å². The summed E-state index contributed by atoms with van der Waals surface area (Å²) in [5.41, 5.74) is 0. The molecule has 0 spiro atoms. The van der Waals surface area contributed by atoms with Gasteiger partial charge in [0.25, 0.3) is 0 Å². The van der Waals surface area contributed by atoms with Crippen molar-refractivity contribution in [2.75, 3.05) is 6.61 Å². The first-order chi connectivity index (χ1) is 9.86. The van der Waals surface area contributed by atoms with Gasteiger partial charge < -0.3 is 0 Å². The van der Waals surface area contributed by atoms with Crippen molar-refractivity contribution >= 4 is 10.4 Å². The highest BCUT2D eigenvalue weighted by molar-refractivity contribution is 7.80. The maximum absolute atomic E-state index is 10.7. The SMILES string of the molecule is CCCCC(CC)CC(CC)CC(CC)COS(=O)(=O)O. The van der Waals surface area contributed by atoms with Gasteiger partial charge in [-0.05, 0) is 30.6 Å². The predicted octanol–water partition coefficient (Wildman–Crippen LogP) is 4.85. The lowest BCUT2D eigenvalue weighted by atomic mass is 9.82. The Balaban J connectivity index is 4.36. The van der Waals surface area contributed by atoms with Crippen molar-refractivity contribution in [1.29, 1.82) is 0 Å². The second-order valence-corrected chi connectivity index (χ2v) is 7.24. The molecule has 0 fully saturated rings. The summed E-state index contributed by atoms with van der Waals surface area (Å²) in [7, 11) is -4.31. The van der Waals surface area contributed by atoms with Gasteiger partial charge in [0.15, 0.2) is 0 Å². The topological polar surface area (TPSA) is 63.6 Å².